The molecule has 1 unspecified atom stereocenters. The third kappa shape index (κ3) is 3.33. The van der Waals surface area contributed by atoms with E-state index < -0.39 is 0 Å². The average molecular weight is 293 g/mol. The zero-order valence-corrected chi connectivity index (χ0v) is 12.4. The van der Waals surface area contributed by atoms with E-state index in [0.717, 1.165) is 17.0 Å². The molecule has 0 spiro atoms. The van der Waals surface area contributed by atoms with Crippen LogP contribution in [0.2, 0.25) is 5.15 Å². The van der Waals surface area contributed by atoms with Crippen molar-refractivity contribution in [3.8, 4) is 11.5 Å². The second kappa shape index (κ2) is 6.48. The summed E-state index contributed by atoms with van der Waals surface area (Å²) < 4.78 is 10.5. The summed E-state index contributed by atoms with van der Waals surface area (Å²) in [5.74, 6) is 1.43. The fourth-order valence-electron chi connectivity index (χ4n) is 1.92. The number of hydrogen-bond donors (Lipinski definition) is 1. The molecule has 0 saturated heterocycles. The molecule has 20 heavy (non-hydrogen) atoms. The lowest BCUT2D eigenvalue weighted by Crippen LogP contribution is -2.07. The van der Waals surface area contributed by atoms with Crippen LogP contribution in [-0.4, -0.2) is 19.2 Å². The minimum atomic E-state index is 0.109. The number of pyridine rings is 1. The van der Waals surface area contributed by atoms with Crippen molar-refractivity contribution >= 4 is 17.3 Å². The van der Waals surface area contributed by atoms with E-state index in [-0.39, 0.29) is 6.04 Å². The van der Waals surface area contributed by atoms with E-state index in [9.17, 15) is 0 Å². The Hall–Kier alpha value is -1.94. The van der Waals surface area contributed by atoms with Gasteiger partial charge in [-0.2, -0.15) is 0 Å². The Bertz CT molecular complexity index is 573. The smallest absolute Gasteiger partial charge is 0.161 e. The molecule has 0 radical (unpaired) electrons. The van der Waals surface area contributed by atoms with Gasteiger partial charge in [-0.3, -0.25) is 0 Å². The van der Waals surface area contributed by atoms with E-state index in [0.29, 0.717) is 10.9 Å². The zero-order chi connectivity index (χ0) is 14.5. The zero-order valence-electron chi connectivity index (χ0n) is 11.7. The second-order valence-corrected chi connectivity index (χ2v) is 4.74. The minimum absolute atomic E-state index is 0.109. The Kier molecular flexibility index (Phi) is 4.69. The lowest BCUT2D eigenvalue weighted by molar-refractivity contribution is 0.354. The van der Waals surface area contributed by atoms with Crippen LogP contribution in [-0.2, 0) is 0 Å². The fourth-order valence-corrected chi connectivity index (χ4v) is 2.03. The summed E-state index contributed by atoms with van der Waals surface area (Å²) >= 11 is 5.77. The first kappa shape index (κ1) is 14.5. The molecule has 1 aromatic carbocycles. The summed E-state index contributed by atoms with van der Waals surface area (Å²) in [6.45, 7) is 2.07. The number of hydrogen-bond acceptors (Lipinski definition) is 4. The summed E-state index contributed by atoms with van der Waals surface area (Å²) in [5.41, 5.74) is 2.01. The summed E-state index contributed by atoms with van der Waals surface area (Å²) in [6.07, 6.45) is 1.71. The molecule has 1 N–H and O–H groups in total. The van der Waals surface area contributed by atoms with E-state index in [1.54, 1.807) is 26.5 Å². The largest absolute Gasteiger partial charge is 0.493 e. The molecule has 1 aromatic heterocycles. The number of halogens is 1. The maximum absolute atomic E-state index is 5.77. The predicted molar refractivity (Wildman–Crippen MR) is 80.8 cm³/mol. The van der Waals surface area contributed by atoms with E-state index >= 15 is 0 Å². The van der Waals surface area contributed by atoms with Crippen molar-refractivity contribution in [3.63, 3.8) is 0 Å². The second-order valence-electron chi connectivity index (χ2n) is 4.35. The highest BCUT2D eigenvalue weighted by molar-refractivity contribution is 6.29. The van der Waals surface area contributed by atoms with Crippen LogP contribution < -0.4 is 14.8 Å². The molecular formula is C15H17ClN2O2. The van der Waals surface area contributed by atoms with Crippen LogP contribution in [0.15, 0.2) is 36.5 Å². The van der Waals surface area contributed by atoms with Gasteiger partial charge in [0.15, 0.2) is 11.5 Å². The van der Waals surface area contributed by atoms with Crippen molar-refractivity contribution in [2.75, 3.05) is 19.5 Å². The summed E-state index contributed by atoms with van der Waals surface area (Å²) in [7, 11) is 3.25. The van der Waals surface area contributed by atoms with Gasteiger partial charge in [0.25, 0.3) is 0 Å². The standard InChI is InChI=1S/C15H17ClN2O2/c1-10(18-12-5-7-15(16)17-9-12)11-4-6-13(19-2)14(8-11)20-3/h4-10,18H,1-3H3. The van der Waals surface area contributed by atoms with Gasteiger partial charge in [0.05, 0.1) is 26.1 Å². The molecule has 0 aliphatic carbocycles. The van der Waals surface area contributed by atoms with Gasteiger partial charge in [-0.05, 0) is 36.8 Å². The molecule has 0 fully saturated rings. The van der Waals surface area contributed by atoms with Crippen LogP contribution in [0.1, 0.15) is 18.5 Å². The lowest BCUT2D eigenvalue weighted by atomic mass is 10.1. The first-order valence-corrected chi connectivity index (χ1v) is 6.62. The van der Waals surface area contributed by atoms with Crippen LogP contribution in [0.5, 0.6) is 11.5 Å². The number of rotatable bonds is 5. The van der Waals surface area contributed by atoms with E-state index in [1.807, 2.05) is 24.3 Å². The fraction of sp³-hybridized carbons (Fsp3) is 0.267. The van der Waals surface area contributed by atoms with Crippen molar-refractivity contribution < 1.29 is 9.47 Å². The molecular weight excluding hydrogens is 276 g/mol. The van der Waals surface area contributed by atoms with Gasteiger partial charge in [-0.15, -0.1) is 0 Å². The lowest BCUT2D eigenvalue weighted by Gasteiger charge is -2.17. The van der Waals surface area contributed by atoms with E-state index in [1.165, 1.54) is 0 Å². The van der Waals surface area contributed by atoms with Crippen molar-refractivity contribution in [2.24, 2.45) is 0 Å². The van der Waals surface area contributed by atoms with Crippen molar-refractivity contribution in [3.05, 3.63) is 47.2 Å². The van der Waals surface area contributed by atoms with Crippen molar-refractivity contribution in [2.45, 2.75) is 13.0 Å². The third-order valence-corrected chi connectivity index (χ3v) is 3.24. The summed E-state index contributed by atoms with van der Waals surface area (Å²) in [5, 5.41) is 3.84. The van der Waals surface area contributed by atoms with Gasteiger partial charge in [0.2, 0.25) is 0 Å². The third-order valence-electron chi connectivity index (χ3n) is 3.02. The summed E-state index contributed by atoms with van der Waals surface area (Å²) in [6, 6.07) is 9.62. The molecule has 5 heteroatoms. The molecule has 4 nitrogen and oxygen atoms in total. The molecule has 1 atom stereocenters. The number of ether oxygens (including phenoxy) is 2. The highest BCUT2D eigenvalue weighted by Crippen LogP contribution is 2.30. The maximum Gasteiger partial charge on any atom is 0.161 e. The predicted octanol–water partition coefficient (Wildman–Crippen LogP) is 3.93. The molecule has 1 heterocycles. The topological polar surface area (TPSA) is 43.4 Å². The Morgan fingerprint density at radius 3 is 2.45 bits per heavy atom. The monoisotopic (exact) mass is 292 g/mol. The number of methoxy groups -OCH3 is 2. The van der Waals surface area contributed by atoms with E-state index in [4.69, 9.17) is 21.1 Å². The first-order chi connectivity index (χ1) is 9.63. The Labute approximate surface area is 123 Å². The molecule has 106 valence electrons. The highest BCUT2D eigenvalue weighted by atomic mass is 35.5. The molecule has 0 aliphatic rings. The van der Waals surface area contributed by atoms with Crippen LogP contribution in [0.3, 0.4) is 0 Å². The van der Waals surface area contributed by atoms with Crippen molar-refractivity contribution in [1.29, 1.82) is 0 Å². The number of aromatic nitrogens is 1. The van der Waals surface area contributed by atoms with Gasteiger partial charge >= 0.3 is 0 Å². The first-order valence-electron chi connectivity index (χ1n) is 6.24. The molecule has 0 bridgehead atoms. The number of anilines is 1. The van der Waals surface area contributed by atoms with Crippen LogP contribution in [0.25, 0.3) is 0 Å². The van der Waals surface area contributed by atoms with Gasteiger partial charge in [0, 0.05) is 6.04 Å². The minimum Gasteiger partial charge on any atom is -0.493 e. The SMILES string of the molecule is COc1ccc(C(C)Nc2ccc(Cl)nc2)cc1OC. The number of nitrogens with one attached hydrogen (secondary N) is 1. The van der Waals surface area contributed by atoms with Gasteiger partial charge in [0.1, 0.15) is 5.15 Å². The van der Waals surface area contributed by atoms with Crippen LogP contribution in [0, 0.1) is 0 Å². The van der Waals surface area contributed by atoms with Gasteiger partial charge in [-0.1, -0.05) is 17.7 Å². The Balaban J connectivity index is 2.16. The molecule has 0 saturated carbocycles. The molecule has 2 aromatic rings. The Morgan fingerprint density at radius 2 is 1.85 bits per heavy atom. The van der Waals surface area contributed by atoms with Crippen LogP contribution >= 0.6 is 11.6 Å². The van der Waals surface area contributed by atoms with Gasteiger partial charge < -0.3 is 14.8 Å². The van der Waals surface area contributed by atoms with Gasteiger partial charge in [-0.25, -0.2) is 4.98 Å². The molecule has 2 rings (SSSR count). The van der Waals surface area contributed by atoms with E-state index in [2.05, 4.69) is 17.2 Å². The Morgan fingerprint density at radius 1 is 1.10 bits per heavy atom. The molecule has 0 amide bonds. The molecule has 0 aliphatic heterocycles. The number of benzene rings is 1. The summed E-state index contributed by atoms with van der Waals surface area (Å²) in [4.78, 5) is 4.05. The van der Waals surface area contributed by atoms with Crippen molar-refractivity contribution in [1.82, 2.24) is 4.98 Å². The normalized spacial score (nSPS) is 11.8. The quantitative estimate of drug-likeness (QED) is 0.848. The highest BCUT2D eigenvalue weighted by Gasteiger charge is 2.10. The van der Waals surface area contributed by atoms with Crippen LogP contribution in [0.4, 0.5) is 5.69 Å². The average Bonchev–Trinajstić information content (AvgIpc) is 2.48. The number of nitrogens with zero attached hydrogens (tertiary/aromatic N) is 1. The maximum atomic E-state index is 5.77.